The van der Waals surface area contributed by atoms with Crippen LogP contribution in [-0.4, -0.2) is 6.61 Å². The fraction of sp³-hybridized carbons (Fsp3) is 0.500. The predicted octanol–water partition coefficient (Wildman–Crippen LogP) is 3.19. The standard InChI is InChI=1S/C14H17NO/c1-4-16-13-6-5-12(7-10(13)2)14(9-15)8-11(14)3/h5-7,11H,4,8H2,1-3H3. The fourth-order valence-corrected chi connectivity index (χ4v) is 2.29. The van der Waals surface area contributed by atoms with Gasteiger partial charge in [0.05, 0.1) is 18.1 Å². The number of hydrogen-bond acceptors (Lipinski definition) is 2. The summed E-state index contributed by atoms with van der Waals surface area (Å²) in [5.74, 6) is 1.41. The SMILES string of the molecule is CCOc1ccc(C2(C#N)CC2C)cc1C. The first-order valence-corrected chi connectivity index (χ1v) is 5.79. The molecule has 2 atom stereocenters. The molecule has 2 unspecified atom stereocenters. The number of nitrogens with zero attached hydrogens (tertiary/aromatic N) is 1. The lowest BCUT2D eigenvalue weighted by Crippen LogP contribution is -2.06. The van der Waals surface area contributed by atoms with Crippen molar-refractivity contribution in [3.05, 3.63) is 29.3 Å². The van der Waals surface area contributed by atoms with E-state index >= 15 is 0 Å². The number of hydrogen-bond donors (Lipinski definition) is 0. The maximum absolute atomic E-state index is 9.26. The predicted molar refractivity (Wildman–Crippen MR) is 63.4 cm³/mol. The molecule has 0 saturated heterocycles. The Morgan fingerprint density at radius 2 is 2.25 bits per heavy atom. The Labute approximate surface area is 96.9 Å². The van der Waals surface area contributed by atoms with Gasteiger partial charge >= 0.3 is 0 Å². The normalized spacial score (nSPS) is 27.2. The number of ether oxygens (including phenoxy) is 1. The van der Waals surface area contributed by atoms with E-state index in [1.54, 1.807) is 0 Å². The molecule has 1 fully saturated rings. The largest absolute Gasteiger partial charge is 0.494 e. The quantitative estimate of drug-likeness (QED) is 0.775. The molecular formula is C14H17NO. The molecule has 1 aromatic carbocycles. The topological polar surface area (TPSA) is 33.0 Å². The lowest BCUT2D eigenvalue weighted by Gasteiger charge is -2.12. The molecule has 84 valence electrons. The van der Waals surface area contributed by atoms with Gasteiger partial charge in [-0.25, -0.2) is 0 Å². The van der Waals surface area contributed by atoms with E-state index in [0.717, 1.165) is 23.3 Å². The molecule has 1 aliphatic rings. The fourth-order valence-electron chi connectivity index (χ4n) is 2.29. The van der Waals surface area contributed by atoms with E-state index in [2.05, 4.69) is 19.1 Å². The minimum atomic E-state index is -0.227. The zero-order chi connectivity index (χ0) is 11.8. The van der Waals surface area contributed by atoms with Crippen molar-refractivity contribution in [1.82, 2.24) is 0 Å². The van der Waals surface area contributed by atoms with Crippen LogP contribution >= 0.6 is 0 Å². The van der Waals surface area contributed by atoms with E-state index in [-0.39, 0.29) is 5.41 Å². The molecule has 2 nitrogen and oxygen atoms in total. The highest BCUT2D eigenvalue weighted by Gasteiger charge is 2.53. The van der Waals surface area contributed by atoms with Crippen LogP contribution in [0.2, 0.25) is 0 Å². The average Bonchev–Trinajstić information content (AvgIpc) is 2.94. The van der Waals surface area contributed by atoms with E-state index in [1.807, 2.05) is 26.0 Å². The van der Waals surface area contributed by atoms with Crippen LogP contribution in [0.5, 0.6) is 5.75 Å². The van der Waals surface area contributed by atoms with Gasteiger partial charge in [-0.2, -0.15) is 5.26 Å². The van der Waals surface area contributed by atoms with Crippen molar-refractivity contribution < 1.29 is 4.74 Å². The molecule has 0 amide bonds. The van der Waals surface area contributed by atoms with Crippen LogP contribution in [0.25, 0.3) is 0 Å². The summed E-state index contributed by atoms with van der Waals surface area (Å²) in [4.78, 5) is 0. The van der Waals surface area contributed by atoms with Crippen LogP contribution < -0.4 is 4.74 Å². The molecule has 0 aliphatic heterocycles. The number of benzene rings is 1. The van der Waals surface area contributed by atoms with Crippen LogP contribution in [-0.2, 0) is 5.41 Å². The van der Waals surface area contributed by atoms with Gasteiger partial charge in [-0.1, -0.05) is 19.1 Å². The van der Waals surface area contributed by atoms with Crippen molar-refractivity contribution in [2.45, 2.75) is 32.6 Å². The maximum Gasteiger partial charge on any atom is 0.122 e. The molecule has 1 saturated carbocycles. The molecule has 1 aromatic rings. The second-order valence-corrected chi connectivity index (χ2v) is 4.60. The number of aryl methyl sites for hydroxylation is 1. The Morgan fingerprint density at radius 3 is 2.69 bits per heavy atom. The summed E-state index contributed by atoms with van der Waals surface area (Å²) in [6.45, 7) is 6.83. The lowest BCUT2D eigenvalue weighted by molar-refractivity contribution is 0.337. The molecule has 0 bridgehead atoms. The summed E-state index contributed by atoms with van der Waals surface area (Å²) in [6.07, 6.45) is 0.983. The number of rotatable bonds is 3. The molecule has 2 heteroatoms. The second-order valence-electron chi connectivity index (χ2n) is 4.60. The van der Waals surface area contributed by atoms with Crippen LogP contribution in [0.15, 0.2) is 18.2 Å². The summed E-state index contributed by atoms with van der Waals surface area (Å²) in [6, 6.07) is 8.57. The molecule has 0 aromatic heterocycles. The molecule has 1 aliphatic carbocycles. The zero-order valence-electron chi connectivity index (χ0n) is 10.1. The average molecular weight is 215 g/mol. The molecule has 2 rings (SSSR count). The zero-order valence-corrected chi connectivity index (χ0v) is 10.1. The molecule has 0 heterocycles. The minimum Gasteiger partial charge on any atom is -0.494 e. The highest BCUT2D eigenvalue weighted by molar-refractivity contribution is 5.46. The summed E-state index contributed by atoms with van der Waals surface area (Å²) in [5.41, 5.74) is 2.03. The monoisotopic (exact) mass is 215 g/mol. The van der Waals surface area contributed by atoms with Crippen LogP contribution in [0.3, 0.4) is 0 Å². The number of nitriles is 1. The Kier molecular flexibility index (Phi) is 2.63. The third kappa shape index (κ3) is 1.57. The Balaban J connectivity index is 2.32. The Morgan fingerprint density at radius 1 is 1.56 bits per heavy atom. The van der Waals surface area contributed by atoms with E-state index in [1.165, 1.54) is 0 Å². The lowest BCUT2D eigenvalue weighted by atomic mass is 9.93. The van der Waals surface area contributed by atoms with Gasteiger partial charge in [0.15, 0.2) is 0 Å². The van der Waals surface area contributed by atoms with Crippen molar-refractivity contribution in [2.75, 3.05) is 6.61 Å². The third-order valence-electron chi connectivity index (χ3n) is 3.50. The van der Waals surface area contributed by atoms with Gasteiger partial charge < -0.3 is 4.74 Å². The Hall–Kier alpha value is -1.49. The van der Waals surface area contributed by atoms with Gasteiger partial charge in [0.1, 0.15) is 5.75 Å². The van der Waals surface area contributed by atoms with Gasteiger partial charge in [0.2, 0.25) is 0 Å². The summed E-state index contributed by atoms with van der Waals surface area (Å²) < 4.78 is 5.50. The van der Waals surface area contributed by atoms with Crippen LogP contribution in [0.1, 0.15) is 31.4 Å². The van der Waals surface area contributed by atoms with Gasteiger partial charge in [0, 0.05) is 0 Å². The van der Waals surface area contributed by atoms with Crippen molar-refractivity contribution in [3.63, 3.8) is 0 Å². The van der Waals surface area contributed by atoms with E-state index < -0.39 is 0 Å². The summed E-state index contributed by atoms with van der Waals surface area (Å²) in [7, 11) is 0. The smallest absolute Gasteiger partial charge is 0.122 e. The van der Waals surface area contributed by atoms with Crippen molar-refractivity contribution >= 4 is 0 Å². The van der Waals surface area contributed by atoms with Gasteiger partial charge in [-0.05, 0) is 43.4 Å². The first-order chi connectivity index (χ1) is 7.64. The minimum absolute atomic E-state index is 0.227. The Bertz CT molecular complexity index is 447. The van der Waals surface area contributed by atoms with Crippen LogP contribution in [0.4, 0.5) is 0 Å². The summed E-state index contributed by atoms with van der Waals surface area (Å²) >= 11 is 0. The molecule has 0 radical (unpaired) electrons. The van der Waals surface area contributed by atoms with Crippen molar-refractivity contribution in [2.24, 2.45) is 5.92 Å². The van der Waals surface area contributed by atoms with Crippen molar-refractivity contribution in [3.8, 4) is 11.8 Å². The molecular weight excluding hydrogens is 198 g/mol. The second kappa shape index (κ2) is 3.83. The maximum atomic E-state index is 9.26. The first-order valence-electron chi connectivity index (χ1n) is 5.79. The van der Waals surface area contributed by atoms with E-state index in [4.69, 9.17) is 4.74 Å². The highest BCUT2D eigenvalue weighted by Crippen LogP contribution is 2.53. The van der Waals surface area contributed by atoms with Crippen LogP contribution in [0, 0.1) is 24.2 Å². The van der Waals surface area contributed by atoms with Gasteiger partial charge in [-0.15, -0.1) is 0 Å². The third-order valence-corrected chi connectivity index (χ3v) is 3.50. The van der Waals surface area contributed by atoms with Gasteiger partial charge in [-0.3, -0.25) is 0 Å². The highest BCUT2D eigenvalue weighted by atomic mass is 16.5. The van der Waals surface area contributed by atoms with Crippen molar-refractivity contribution in [1.29, 1.82) is 5.26 Å². The molecule has 16 heavy (non-hydrogen) atoms. The van der Waals surface area contributed by atoms with E-state index in [0.29, 0.717) is 12.5 Å². The van der Waals surface area contributed by atoms with E-state index in [9.17, 15) is 5.26 Å². The molecule has 0 N–H and O–H groups in total. The first kappa shape index (κ1) is 11.0. The molecule has 0 spiro atoms. The van der Waals surface area contributed by atoms with Gasteiger partial charge in [0.25, 0.3) is 0 Å². The summed E-state index contributed by atoms with van der Waals surface area (Å²) in [5, 5.41) is 9.26.